The van der Waals surface area contributed by atoms with Crippen LogP contribution in [0.3, 0.4) is 0 Å². The first kappa shape index (κ1) is 26.6. The molecule has 9 aromatic rings. The van der Waals surface area contributed by atoms with Gasteiger partial charge in [0.2, 0.25) is 0 Å². The maximum atomic E-state index is 5.26. The second kappa shape index (κ2) is 9.71. The lowest BCUT2D eigenvalue weighted by Gasteiger charge is -2.21. The molecule has 0 fully saturated rings. The average Bonchev–Trinajstić information content (AvgIpc) is 3.74. The molecule has 0 amide bonds. The van der Waals surface area contributed by atoms with E-state index in [4.69, 9.17) is 9.97 Å². The van der Waals surface area contributed by atoms with Crippen molar-refractivity contribution in [1.29, 1.82) is 0 Å². The Bertz CT molecular complexity index is 2710. The molecule has 0 radical (unpaired) electrons. The van der Waals surface area contributed by atoms with Crippen molar-refractivity contribution in [3.8, 4) is 39.5 Å². The van der Waals surface area contributed by atoms with E-state index in [-0.39, 0.29) is 5.41 Å². The second-order valence-corrected chi connectivity index (χ2v) is 14.0. The SMILES string of the molecule is CC1(C)c2ccccc2-c2c1ccc1c2c2ccccc2n1-c1cccc(-c2nc(-c3ccccc3)c3sc4ccccc4c3n2)c1. The van der Waals surface area contributed by atoms with Crippen molar-refractivity contribution in [2.24, 2.45) is 0 Å². The lowest BCUT2D eigenvalue weighted by molar-refractivity contribution is 0.661. The summed E-state index contributed by atoms with van der Waals surface area (Å²) in [4.78, 5) is 10.5. The predicted octanol–water partition coefficient (Wildman–Crippen LogP) is 11.6. The van der Waals surface area contributed by atoms with Crippen molar-refractivity contribution in [2.75, 3.05) is 0 Å². The third-order valence-electron chi connectivity index (χ3n) is 10.0. The first-order valence-electron chi connectivity index (χ1n) is 16.1. The van der Waals surface area contributed by atoms with Gasteiger partial charge in [0, 0.05) is 43.1 Å². The Balaban J connectivity index is 1.23. The Labute approximate surface area is 276 Å². The zero-order valence-electron chi connectivity index (χ0n) is 26.0. The molecule has 6 aromatic carbocycles. The molecule has 0 bridgehead atoms. The third-order valence-corrected chi connectivity index (χ3v) is 11.2. The number of thiophene rings is 1. The van der Waals surface area contributed by atoms with Crippen LogP contribution in [0.25, 0.3) is 81.6 Å². The third kappa shape index (κ3) is 3.73. The fraction of sp³-hybridized carbons (Fsp3) is 0.0698. The number of hydrogen-bond donors (Lipinski definition) is 0. The van der Waals surface area contributed by atoms with Crippen LogP contribution in [-0.2, 0) is 5.41 Å². The molecule has 4 heteroatoms. The van der Waals surface area contributed by atoms with Gasteiger partial charge < -0.3 is 4.57 Å². The van der Waals surface area contributed by atoms with Crippen LogP contribution in [0.4, 0.5) is 0 Å². The molecular formula is C43H29N3S. The van der Waals surface area contributed by atoms with Crippen LogP contribution in [0.2, 0.25) is 0 Å². The first-order chi connectivity index (χ1) is 23.1. The van der Waals surface area contributed by atoms with E-state index in [9.17, 15) is 0 Å². The molecule has 0 saturated carbocycles. The summed E-state index contributed by atoms with van der Waals surface area (Å²) in [6.07, 6.45) is 0. The maximum absolute atomic E-state index is 5.26. The highest BCUT2D eigenvalue weighted by molar-refractivity contribution is 7.26. The van der Waals surface area contributed by atoms with E-state index in [0.717, 1.165) is 38.5 Å². The van der Waals surface area contributed by atoms with Gasteiger partial charge in [-0.3, -0.25) is 0 Å². The quantitative estimate of drug-likeness (QED) is 0.197. The normalized spacial score (nSPS) is 13.5. The maximum Gasteiger partial charge on any atom is 0.160 e. The molecule has 47 heavy (non-hydrogen) atoms. The summed E-state index contributed by atoms with van der Waals surface area (Å²) in [6.45, 7) is 4.70. The minimum atomic E-state index is -0.0541. The Kier molecular flexibility index (Phi) is 5.50. The number of fused-ring (bicyclic) bond motifs is 10. The smallest absolute Gasteiger partial charge is 0.160 e. The molecule has 222 valence electrons. The van der Waals surface area contributed by atoms with Crippen LogP contribution in [0.15, 0.2) is 140 Å². The monoisotopic (exact) mass is 619 g/mol. The zero-order valence-corrected chi connectivity index (χ0v) is 26.8. The van der Waals surface area contributed by atoms with Gasteiger partial charge in [0.1, 0.15) is 0 Å². The topological polar surface area (TPSA) is 30.7 Å². The van der Waals surface area contributed by atoms with Crippen molar-refractivity contribution in [3.05, 3.63) is 151 Å². The van der Waals surface area contributed by atoms with Crippen molar-refractivity contribution < 1.29 is 0 Å². The van der Waals surface area contributed by atoms with Gasteiger partial charge in [-0.1, -0.05) is 123 Å². The van der Waals surface area contributed by atoms with E-state index in [0.29, 0.717) is 0 Å². The summed E-state index contributed by atoms with van der Waals surface area (Å²) < 4.78 is 4.76. The summed E-state index contributed by atoms with van der Waals surface area (Å²) in [6, 6.07) is 50.2. The Morgan fingerprint density at radius 3 is 2.23 bits per heavy atom. The highest BCUT2D eigenvalue weighted by Crippen LogP contribution is 2.53. The number of para-hydroxylation sites is 1. The lowest BCUT2D eigenvalue weighted by atomic mass is 9.82. The molecular weight excluding hydrogens is 591 g/mol. The molecule has 1 aliphatic rings. The van der Waals surface area contributed by atoms with Crippen molar-refractivity contribution in [2.45, 2.75) is 19.3 Å². The molecule has 0 atom stereocenters. The molecule has 3 heterocycles. The van der Waals surface area contributed by atoms with Crippen molar-refractivity contribution >= 4 is 53.4 Å². The van der Waals surface area contributed by atoms with Crippen LogP contribution in [0.1, 0.15) is 25.0 Å². The van der Waals surface area contributed by atoms with Crippen LogP contribution in [0.5, 0.6) is 0 Å². The standard InChI is InChI=1S/C43H29N3S/c1-43(2)32-20-9-6-17-29(32)37-33(43)23-24-35-38(37)30-18-7-10-21-34(30)46(35)28-16-12-15-27(25-28)42-44-39(26-13-4-3-5-14-26)41-40(45-42)31-19-8-11-22-36(31)47-41/h3-25H,1-2H3. The van der Waals surface area contributed by atoms with E-state index in [1.807, 2.05) is 0 Å². The zero-order chi connectivity index (χ0) is 31.3. The summed E-state index contributed by atoms with van der Waals surface area (Å²) in [5.74, 6) is 0.735. The summed E-state index contributed by atoms with van der Waals surface area (Å²) >= 11 is 1.77. The van der Waals surface area contributed by atoms with Crippen molar-refractivity contribution in [3.63, 3.8) is 0 Å². The van der Waals surface area contributed by atoms with Crippen LogP contribution >= 0.6 is 11.3 Å². The van der Waals surface area contributed by atoms with E-state index >= 15 is 0 Å². The molecule has 10 rings (SSSR count). The lowest BCUT2D eigenvalue weighted by Crippen LogP contribution is -2.14. The highest BCUT2D eigenvalue weighted by Gasteiger charge is 2.37. The first-order valence-corrected chi connectivity index (χ1v) is 16.9. The summed E-state index contributed by atoms with van der Waals surface area (Å²) in [5.41, 5.74) is 13.0. The molecule has 0 N–H and O–H groups in total. The molecule has 0 aliphatic heterocycles. The fourth-order valence-corrected chi connectivity index (χ4v) is 8.98. The van der Waals surface area contributed by atoms with Gasteiger partial charge in [0.05, 0.1) is 26.9 Å². The van der Waals surface area contributed by atoms with E-state index < -0.39 is 0 Å². The number of hydrogen-bond acceptors (Lipinski definition) is 3. The second-order valence-electron chi connectivity index (χ2n) is 13.0. The van der Waals surface area contributed by atoms with Gasteiger partial charge in [-0.2, -0.15) is 0 Å². The molecule has 0 unspecified atom stereocenters. The Hall–Kier alpha value is -5.58. The highest BCUT2D eigenvalue weighted by atomic mass is 32.1. The fourth-order valence-electron chi connectivity index (χ4n) is 7.83. The number of nitrogens with zero attached hydrogens (tertiary/aromatic N) is 3. The van der Waals surface area contributed by atoms with E-state index in [1.54, 1.807) is 11.3 Å². The molecule has 0 saturated heterocycles. The van der Waals surface area contributed by atoms with Crippen molar-refractivity contribution in [1.82, 2.24) is 14.5 Å². The largest absolute Gasteiger partial charge is 0.309 e. The van der Waals surface area contributed by atoms with Gasteiger partial charge in [-0.05, 0) is 52.6 Å². The molecule has 3 aromatic heterocycles. The van der Waals surface area contributed by atoms with Gasteiger partial charge in [0.15, 0.2) is 5.82 Å². The Morgan fingerprint density at radius 2 is 1.34 bits per heavy atom. The van der Waals surface area contributed by atoms with Gasteiger partial charge in [-0.15, -0.1) is 11.3 Å². The van der Waals surface area contributed by atoms with Gasteiger partial charge in [0.25, 0.3) is 0 Å². The predicted molar refractivity (Wildman–Crippen MR) is 198 cm³/mol. The summed E-state index contributed by atoms with van der Waals surface area (Å²) in [7, 11) is 0. The minimum Gasteiger partial charge on any atom is -0.309 e. The van der Waals surface area contributed by atoms with Gasteiger partial charge >= 0.3 is 0 Å². The molecule has 1 aliphatic carbocycles. The molecule has 3 nitrogen and oxygen atoms in total. The minimum absolute atomic E-state index is 0.0541. The number of benzene rings is 6. The molecule has 0 spiro atoms. The Morgan fingerprint density at radius 1 is 0.596 bits per heavy atom. The van der Waals surface area contributed by atoms with Crippen LogP contribution in [-0.4, -0.2) is 14.5 Å². The number of aromatic nitrogens is 3. The number of rotatable bonds is 3. The van der Waals surface area contributed by atoms with Gasteiger partial charge in [-0.25, -0.2) is 9.97 Å². The summed E-state index contributed by atoms with van der Waals surface area (Å²) in [5, 5.41) is 3.75. The average molecular weight is 620 g/mol. The van der Waals surface area contributed by atoms with E-state index in [2.05, 4.69) is 158 Å². The van der Waals surface area contributed by atoms with E-state index in [1.165, 1.54) is 54.1 Å². The van der Waals surface area contributed by atoms with Crippen LogP contribution in [0, 0.1) is 0 Å². The van der Waals surface area contributed by atoms with Crippen LogP contribution < -0.4 is 0 Å².